The van der Waals surface area contributed by atoms with E-state index in [0.717, 1.165) is 17.5 Å². The molecule has 0 aliphatic carbocycles. The standard InChI is InChI=1S/C22H27F2NO3S/c1-3-16(2)25-22(26)15-29(27,28)14-4-5-21(17-6-10-19(23)11-7-17)18-8-12-20(24)13-9-18/h6-13,16,21H,3-5,14-15H2,1-2H3,(H,25,26)/t16-/m0/s1. The first-order valence-electron chi connectivity index (χ1n) is 9.71. The van der Waals surface area contributed by atoms with Gasteiger partial charge in [-0.05, 0) is 61.6 Å². The van der Waals surface area contributed by atoms with Crippen LogP contribution < -0.4 is 5.32 Å². The van der Waals surface area contributed by atoms with E-state index in [0.29, 0.717) is 12.8 Å². The van der Waals surface area contributed by atoms with Gasteiger partial charge in [-0.3, -0.25) is 4.79 Å². The molecule has 158 valence electrons. The summed E-state index contributed by atoms with van der Waals surface area (Å²) < 4.78 is 51.2. The topological polar surface area (TPSA) is 63.2 Å². The summed E-state index contributed by atoms with van der Waals surface area (Å²) in [6.07, 6.45) is 1.53. The summed E-state index contributed by atoms with van der Waals surface area (Å²) >= 11 is 0. The monoisotopic (exact) mass is 423 g/mol. The fourth-order valence-electron chi connectivity index (χ4n) is 3.11. The quantitative estimate of drug-likeness (QED) is 0.623. The normalized spacial score (nSPS) is 12.7. The van der Waals surface area contributed by atoms with Crippen molar-refractivity contribution in [3.63, 3.8) is 0 Å². The first-order valence-corrected chi connectivity index (χ1v) is 11.5. The lowest BCUT2D eigenvalue weighted by Gasteiger charge is -2.18. The summed E-state index contributed by atoms with van der Waals surface area (Å²) in [6, 6.07) is 11.9. The van der Waals surface area contributed by atoms with E-state index < -0.39 is 21.5 Å². The van der Waals surface area contributed by atoms with E-state index in [9.17, 15) is 22.0 Å². The van der Waals surface area contributed by atoms with Gasteiger partial charge in [0.1, 0.15) is 17.4 Å². The molecule has 4 nitrogen and oxygen atoms in total. The van der Waals surface area contributed by atoms with Crippen molar-refractivity contribution in [2.75, 3.05) is 11.5 Å². The summed E-state index contributed by atoms with van der Waals surface area (Å²) in [5.74, 6) is -2.06. The largest absolute Gasteiger partial charge is 0.353 e. The summed E-state index contributed by atoms with van der Waals surface area (Å²) in [5, 5.41) is 2.66. The predicted molar refractivity (Wildman–Crippen MR) is 110 cm³/mol. The van der Waals surface area contributed by atoms with Gasteiger partial charge in [0, 0.05) is 12.0 Å². The lowest BCUT2D eigenvalue weighted by atomic mass is 9.88. The zero-order valence-electron chi connectivity index (χ0n) is 16.7. The molecule has 1 amide bonds. The molecule has 2 rings (SSSR count). The number of rotatable bonds is 10. The summed E-state index contributed by atoms with van der Waals surface area (Å²) in [5.41, 5.74) is 1.65. The van der Waals surface area contributed by atoms with Gasteiger partial charge in [0.25, 0.3) is 0 Å². The Labute approximate surface area is 171 Å². The van der Waals surface area contributed by atoms with E-state index in [2.05, 4.69) is 5.32 Å². The highest BCUT2D eigenvalue weighted by Gasteiger charge is 2.20. The first-order chi connectivity index (χ1) is 13.7. The van der Waals surface area contributed by atoms with Crippen molar-refractivity contribution >= 4 is 15.7 Å². The van der Waals surface area contributed by atoms with Gasteiger partial charge in [-0.1, -0.05) is 31.2 Å². The Bertz CT molecular complexity index is 851. The van der Waals surface area contributed by atoms with Crippen LogP contribution in [0.15, 0.2) is 48.5 Å². The Hall–Kier alpha value is -2.28. The van der Waals surface area contributed by atoms with E-state index in [1.165, 1.54) is 24.3 Å². The van der Waals surface area contributed by atoms with E-state index >= 15 is 0 Å². The average Bonchev–Trinajstić information content (AvgIpc) is 2.66. The van der Waals surface area contributed by atoms with Gasteiger partial charge in [-0.15, -0.1) is 0 Å². The van der Waals surface area contributed by atoms with Crippen molar-refractivity contribution in [2.24, 2.45) is 0 Å². The maximum Gasteiger partial charge on any atom is 0.235 e. The van der Waals surface area contributed by atoms with Gasteiger partial charge in [0.05, 0.1) is 5.75 Å². The van der Waals surface area contributed by atoms with Gasteiger partial charge in [0.15, 0.2) is 9.84 Å². The Balaban J connectivity index is 2.05. The van der Waals surface area contributed by atoms with E-state index in [-0.39, 0.29) is 29.3 Å². The molecular weight excluding hydrogens is 396 g/mol. The predicted octanol–water partition coefficient (Wildman–Crippen LogP) is 4.21. The van der Waals surface area contributed by atoms with Crippen molar-refractivity contribution in [2.45, 2.75) is 45.1 Å². The molecule has 1 atom stereocenters. The Kier molecular flexibility index (Phi) is 8.32. The highest BCUT2D eigenvalue weighted by Crippen LogP contribution is 2.30. The highest BCUT2D eigenvalue weighted by molar-refractivity contribution is 7.92. The molecule has 2 aromatic carbocycles. The molecular formula is C22H27F2NO3S. The second-order valence-corrected chi connectivity index (χ2v) is 9.45. The number of carbonyl (C=O) groups is 1. The van der Waals surface area contributed by atoms with Crippen LogP contribution in [0.3, 0.4) is 0 Å². The third kappa shape index (κ3) is 7.57. The van der Waals surface area contributed by atoms with E-state index in [1.54, 1.807) is 24.3 Å². The number of benzene rings is 2. The lowest BCUT2D eigenvalue weighted by molar-refractivity contribution is -0.119. The summed E-state index contributed by atoms with van der Waals surface area (Å²) in [6.45, 7) is 3.73. The number of sulfone groups is 1. The fourth-order valence-corrected chi connectivity index (χ4v) is 4.35. The van der Waals surface area contributed by atoms with Gasteiger partial charge in [-0.2, -0.15) is 0 Å². The first kappa shape index (κ1) is 23.0. The van der Waals surface area contributed by atoms with Crippen molar-refractivity contribution in [1.29, 1.82) is 0 Å². The molecule has 0 aliphatic rings. The van der Waals surface area contributed by atoms with Crippen LogP contribution in [0.2, 0.25) is 0 Å². The third-order valence-electron chi connectivity index (χ3n) is 4.86. The van der Waals surface area contributed by atoms with Crippen molar-refractivity contribution < 1.29 is 22.0 Å². The molecule has 1 N–H and O–H groups in total. The zero-order valence-corrected chi connectivity index (χ0v) is 17.5. The molecule has 0 unspecified atom stereocenters. The van der Waals surface area contributed by atoms with Crippen LogP contribution in [0.1, 0.15) is 50.2 Å². The number of nitrogens with one attached hydrogen (secondary N) is 1. The molecule has 7 heteroatoms. The SMILES string of the molecule is CC[C@H](C)NC(=O)CS(=O)(=O)CCCC(c1ccc(F)cc1)c1ccc(F)cc1. The number of hydrogen-bond acceptors (Lipinski definition) is 3. The van der Waals surface area contributed by atoms with Crippen LogP contribution in [-0.4, -0.2) is 31.9 Å². The minimum Gasteiger partial charge on any atom is -0.353 e. The number of amides is 1. The number of halogens is 2. The molecule has 0 saturated carbocycles. The summed E-state index contributed by atoms with van der Waals surface area (Å²) in [7, 11) is -3.54. The van der Waals surface area contributed by atoms with Crippen molar-refractivity contribution in [3.8, 4) is 0 Å². The van der Waals surface area contributed by atoms with Crippen LogP contribution in [0.5, 0.6) is 0 Å². The van der Waals surface area contributed by atoms with Crippen LogP contribution >= 0.6 is 0 Å². The molecule has 0 aliphatic heterocycles. The van der Waals surface area contributed by atoms with E-state index in [1.807, 2.05) is 13.8 Å². The van der Waals surface area contributed by atoms with Gasteiger partial charge >= 0.3 is 0 Å². The molecule has 0 radical (unpaired) electrons. The Morgan fingerprint density at radius 1 is 0.966 bits per heavy atom. The molecule has 2 aromatic rings. The number of hydrogen-bond donors (Lipinski definition) is 1. The van der Waals surface area contributed by atoms with Crippen LogP contribution in [-0.2, 0) is 14.6 Å². The molecule has 0 heterocycles. The molecule has 29 heavy (non-hydrogen) atoms. The van der Waals surface area contributed by atoms with Gasteiger partial charge < -0.3 is 5.32 Å². The zero-order chi connectivity index (χ0) is 21.4. The molecule has 0 bridgehead atoms. The second-order valence-electron chi connectivity index (χ2n) is 7.27. The lowest BCUT2D eigenvalue weighted by Crippen LogP contribution is -2.37. The van der Waals surface area contributed by atoms with Crippen LogP contribution in [0.25, 0.3) is 0 Å². The van der Waals surface area contributed by atoms with Gasteiger partial charge in [-0.25, -0.2) is 17.2 Å². The van der Waals surface area contributed by atoms with Gasteiger partial charge in [0.2, 0.25) is 5.91 Å². The second kappa shape index (κ2) is 10.5. The molecule has 0 fully saturated rings. The smallest absolute Gasteiger partial charge is 0.235 e. The van der Waals surface area contributed by atoms with Crippen molar-refractivity contribution in [1.82, 2.24) is 5.32 Å². The number of carbonyl (C=O) groups excluding carboxylic acids is 1. The Morgan fingerprint density at radius 3 is 1.90 bits per heavy atom. The van der Waals surface area contributed by atoms with Crippen LogP contribution in [0, 0.1) is 11.6 Å². The average molecular weight is 424 g/mol. The summed E-state index contributed by atoms with van der Waals surface area (Å²) in [4.78, 5) is 11.9. The molecule has 0 saturated heterocycles. The maximum absolute atomic E-state index is 13.3. The minimum atomic E-state index is -3.54. The Morgan fingerprint density at radius 2 is 1.45 bits per heavy atom. The van der Waals surface area contributed by atoms with Crippen LogP contribution in [0.4, 0.5) is 8.78 Å². The van der Waals surface area contributed by atoms with Crippen molar-refractivity contribution in [3.05, 3.63) is 71.3 Å². The molecule has 0 spiro atoms. The highest BCUT2D eigenvalue weighted by atomic mass is 32.2. The maximum atomic E-state index is 13.3. The third-order valence-corrected chi connectivity index (χ3v) is 6.48. The van der Waals surface area contributed by atoms with E-state index in [4.69, 9.17) is 0 Å². The minimum absolute atomic E-state index is 0.0703. The molecule has 0 aromatic heterocycles. The fraction of sp³-hybridized carbons (Fsp3) is 0.409.